The minimum absolute atomic E-state index is 0.169. The fraction of sp³-hybridized carbons (Fsp3) is 0.125. The number of hydrogen-bond donors (Lipinski definition) is 0. The van der Waals surface area contributed by atoms with Crippen molar-refractivity contribution >= 4 is 40.2 Å². The zero-order chi connectivity index (χ0) is 31.5. The summed E-state index contributed by atoms with van der Waals surface area (Å²) in [6, 6.07) is 19.6. The third-order valence-electron chi connectivity index (χ3n) is 6.81. The highest BCUT2D eigenvalue weighted by molar-refractivity contribution is 7.15. The molecule has 6 aromatic rings. The van der Waals surface area contributed by atoms with Crippen molar-refractivity contribution in [3.05, 3.63) is 115 Å². The van der Waals surface area contributed by atoms with E-state index in [1.807, 2.05) is 48.5 Å². The minimum Gasteiger partial charge on any atom is -0.493 e. The van der Waals surface area contributed by atoms with Crippen LogP contribution < -0.4 is 24.3 Å². The molecule has 0 aliphatic heterocycles. The summed E-state index contributed by atoms with van der Waals surface area (Å²) in [6.45, 7) is 2.05. The van der Waals surface area contributed by atoms with E-state index in [0.717, 1.165) is 11.3 Å². The van der Waals surface area contributed by atoms with Crippen LogP contribution in [0.2, 0.25) is 0 Å². The summed E-state index contributed by atoms with van der Waals surface area (Å²) < 4.78 is 19.4. The van der Waals surface area contributed by atoms with E-state index in [1.54, 1.807) is 62.4 Å². The topological polar surface area (TPSA) is 136 Å². The van der Waals surface area contributed by atoms with Crippen LogP contribution in [0.3, 0.4) is 0 Å². The van der Waals surface area contributed by atoms with Crippen LogP contribution in [0.25, 0.3) is 40.1 Å². The first-order valence-electron chi connectivity index (χ1n) is 13.8. The normalized spacial score (nSPS) is 11.8. The predicted molar refractivity (Wildman–Crippen MR) is 171 cm³/mol. The molecule has 226 valence electrons. The molecule has 0 spiro atoms. The molecule has 6 rings (SSSR count). The Morgan fingerprint density at radius 2 is 1.73 bits per heavy atom. The van der Waals surface area contributed by atoms with Gasteiger partial charge in [0.25, 0.3) is 5.56 Å². The Balaban J connectivity index is 1.40. The van der Waals surface area contributed by atoms with Gasteiger partial charge in [0, 0.05) is 23.4 Å². The monoisotopic (exact) mass is 622 g/mol. The molecule has 0 bridgehead atoms. The van der Waals surface area contributed by atoms with Gasteiger partial charge in [0.15, 0.2) is 23.1 Å². The van der Waals surface area contributed by atoms with E-state index in [4.69, 9.17) is 19.3 Å². The summed E-state index contributed by atoms with van der Waals surface area (Å²) in [6.07, 6.45) is 7.01. The van der Waals surface area contributed by atoms with Gasteiger partial charge in [-0.2, -0.15) is 14.6 Å². The van der Waals surface area contributed by atoms with E-state index >= 15 is 0 Å². The lowest BCUT2D eigenvalue weighted by atomic mass is 10.1. The van der Waals surface area contributed by atoms with Gasteiger partial charge < -0.3 is 14.2 Å². The zero-order valence-electron chi connectivity index (χ0n) is 24.4. The van der Waals surface area contributed by atoms with Gasteiger partial charge in [-0.25, -0.2) is 4.68 Å². The number of aromatic nitrogens is 5. The first-order valence-corrected chi connectivity index (χ1v) is 14.6. The van der Waals surface area contributed by atoms with Crippen molar-refractivity contribution in [2.24, 2.45) is 0 Å². The number of methoxy groups -OCH3 is 2. The summed E-state index contributed by atoms with van der Waals surface area (Å²) >= 11 is 1.18. The van der Waals surface area contributed by atoms with Gasteiger partial charge in [0.1, 0.15) is 5.69 Å². The van der Waals surface area contributed by atoms with E-state index in [-0.39, 0.29) is 23.6 Å². The summed E-state index contributed by atoms with van der Waals surface area (Å²) in [7, 11) is 3.14. The van der Waals surface area contributed by atoms with Gasteiger partial charge in [-0.15, -0.1) is 5.10 Å². The first kappa shape index (κ1) is 29.3. The van der Waals surface area contributed by atoms with Crippen LogP contribution in [0.1, 0.15) is 23.9 Å². The molecule has 0 saturated heterocycles. The van der Waals surface area contributed by atoms with E-state index in [1.165, 1.54) is 21.9 Å². The van der Waals surface area contributed by atoms with Crippen molar-refractivity contribution in [1.82, 2.24) is 24.4 Å². The predicted octanol–water partition coefficient (Wildman–Crippen LogP) is 5.05. The fourth-order valence-electron chi connectivity index (χ4n) is 4.70. The molecule has 0 aliphatic carbocycles. The van der Waals surface area contributed by atoms with Crippen LogP contribution in [0.5, 0.6) is 17.2 Å². The molecule has 12 nitrogen and oxygen atoms in total. The van der Waals surface area contributed by atoms with E-state index < -0.39 is 4.92 Å². The average molecular weight is 623 g/mol. The van der Waals surface area contributed by atoms with E-state index in [9.17, 15) is 14.9 Å². The first-order chi connectivity index (χ1) is 21.9. The lowest BCUT2D eigenvalue weighted by Crippen LogP contribution is -2.23. The van der Waals surface area contributed by atoms with Crippen molar-refractivity contribution < 1.29 is 19.1 Å². The highest BCUT2D eigenvalue weighted by Gasteiger charge is 2.20. The Labute approximate surface area is 260 Å². The standard InChI is InChI=1S/C32H26N6O6S/c1-4-44-25-14-12-21(17-24(25)38(40)41)30-22(19-36(35-30)23-8-6-5-7-9-23)18-28-31(39)37-32(45-28)33-29(34-37)15-11-20-10-13-26(42-2)27(16-20)43-3/h5-19H,4H2,1-3H3/b15-11+,28-18-. The quantitative estimate of drug-likeness (QED) is 0.152. The van der Waals surface area contributed by atoms with Crippen molar-refractivity contribution in [3.8, 4) is 34.2 Å². The molecule has 3 aromatic carbocycles. The lowest BCUT2D eigenvalue weighted by Gasteiger charge is -2.07. The molecule has 13 heteroatoms. The summed E-state index contributed by atoms with van der Waals surface area (Å²) in [4.78, 5) is 29.7. The molecule has 0 unspecified atom stereocenters. The number of benzene rings is 3. The lowest BCUT2D eigenvalue weighted by molar-refractivity contribution is -0.385. The molecular formula is C32H26N6O6S. The average Bonchev–Trinajstić information content (AvgIpc) is 3.75. The molecule has 3 heterocycles. The van der Waals surface area contributed by atoms with Crippen LogP contribution in [0.15, 0.2) is 77.7 Å². The number of thiazole rings is 1. The smallest absolute Gasteiger partial charge is 0.311 e. The molecule has 0 radical (unpaired) electrons. The second kappa shape index (κ2) is 12.4. The summed E-state index contributed by atoms with van der Waals surface area (Å²) in [5, 5.41) is 21.0. The third-order valence-corrected chi connectivity index (χ3v) is 7.77. The van der Waals surface area contributed by atoms with Gasteiger partial charge in [0.05, 0.1) is 36.0 Å². The van der Waals surface area contributed by atoms with Crippen LogP contribution >= 0.6 is 11.3 Å². The highest BCUT2D eigenvalue weighted by atomic mass is 32.1. The van der Waals surface area contributed by atoms with Crippen LogP contribution in [-0.2, 0) is 0 Å². The Bertz CT molecular complexity index is 2170. The maximum absolute atomic E-state index is 13.4. The number of para-hydroxylation sites is 1. The fourth-order valence-corrected chi connectivity index (χ4v) is 5.61. The minimum atomic E-state index is -0.487. The second-order valence-corrected chi connectivity index (χ2v) is 10.6. The van der Waals surface area contributed by atoms with Gasteiger partial charge in [0.2, 0.25) is 4.96 Å². The van der Waals surface area contributed by atoms with E-state index in [2.05, 4.69) is 10.1 Å². The second-order valence-electron chi connectivity index (χ2n) is 9.61. The molecule has 45 heavy (non-hydrogen) atoms. The molecule has 0 aliphatic rings. The molecule has 3 aromatic heterocycles. The summed E-state index contributed by atoms with van der Waals surface area (Å²) in [5.74, 6) is 1.75. The Morgan fingerprint density at radius 1 is 0.956 bits per heavy atom. The van der Waals surface area contributed by atoms with Gasteiger partial charge in [-0.1, -0.05) is 41.7 Å². The largest absolute Gasteiger partial charge is 0.493 e. The summed E-state index contributed by atoms with van der Waals surface area (Å²) in [5.41, 5.74) is 2.67. The number of nitrogens with zero attached hydrogens (tertiary/aromatic N) is 6. The molecular weight excluding hydrogens is 596 g/mol. The zero-order valence-corrected chi connectivity index (χ0v) is 25.2. The Morgan fingerprint density at radius 3 is 2.44 bits per heavy atom. The third kappa shape index (κ3) is 5.88. The molecule has 0 atom stereocenters. The van der Waals surface area contributed by atoms with Crippen LogP contribution in [0.4, 0.5) is 5.69 Å². The van der Waals surface area contributed by atoms with Gasteiger partial charge >= 0.3 is 5.69 Å². The Hall–Kier alpha value is -5.82. The van der Waals surface area contributed by atoms with Crippen molar-refractivity contribution in [2.75, 3.05) is 20.8 Å². The highest BCUT2D eigenvalue weighted by Crippen LogP contribution is 2.34. The van der Waals surface area contributed by atoms with Crippen molar-refractivity contribution in [1.29, 1.82) is 0 Å². The van der Waals surface area contributed by atoms with Gasteiger partial charge in [-0.3, -0.25) is 14.9 Å². The molecule has 0 N–H and O–H groups in total. The van der Waals surface area contributed by atoms with Crippen LogP contribution in [0, 0.1) is 10.1 Å². The van der Waals surface area contributed by atoms with Gasteiger partial charge in [-0.05, 0) is 61.0 Å². The maximum Gasteiger partial charge on any atom is 0.311 e. The van der Waals surface area contributed by atoms with E-state index in [0.29, 0.717) is 43.6 Å². The number of hydrogen-bond acceptors (Lipinski definition) is 10. The number of nitro benzene ring substituents is 1. The number of rotatable bonds is 10. The number of fused-ring (bicyclic) bond motifs is 1. The number of nitro groups is 1. The Kier molecular flexibility index (Phi) is 8.08. The number of ether oxygens (including phenoxy) is 3. The van der Waals surface area contributed by atoms with Crippen LogP contribution in [-0.4, -0.2) is 50.1 Å². The molecule has 0 fully saturated rings. The molecule has 0 saturated carbocycles. The molecule has 0 amide bonds. The van der Waals surface area contributed by atoms with Crippen molar-refractivity contribution in [3.63, 3.8) is 0 Å². The van der Waals surface area contributed by atoms with Crippen molar-refractivity contribution in [2.45, 2.75) is 6.92 Å². The SMILES string of the molecule is CCOc1ccc(-c2nn(-c3ccccc3)cc2/C=c2\sc3nc(/C=C/c4ccc(OC)c(OC)c4)nn3c2=O)cc1[N+](=O)[O-]. The maximum atomic E-state index is 13.4.